The Morgan fingerprint density at radius 1 is 1.17 bits per heavy atom. The van der Waals surface area contributed by atoms with Crippen molar-refractivity contribution in [3.63, 3.8) is 0 Å². The maximum Gasteiger partial charge on any atom is 0.276 e. The second kappa shape index (κ2) is 8.00. The SMILES string of the molecule is CCC(=O)N1CCCC1c1cc2nc(C)c(CCC(=O)N3CCCC3)c(=O)n2[nH]1. The Morgan fingerprint density at radius 3 is 2.66 bits per heavy atom. The van der Waals surface area contributed by atoms with Crippen molar-refractivity contribution in [2.24, 2.45) is 0 Å². The van der Waals surface area contributed by atoms with E-state index >= 15 is 0 Å². The number of aromatic amines is 1. The van der Waals surface area contributed by atoms with Gasteiger partial charge in [0.15, 0.2) is 5.65 Å². The first-order chi connectivity index (χ1) is 14.0. The van der Waals surface area contributed by atoms with Crippen LogP contribution in [0.2, 0.25) is 0 Å². The van der Waals surface area contributed by atoms with Crippen molar-refractivity contribution in [1.29, 1.82) is 0 Å². The molecule has 1 N–H and O–H groups in total. The summed E-state index contributed by atoms with van der Waals surface area (Å²) in [6.07, 6.45) is 5.16. The Morgan fingerprint density at radius 2 is 1.93 bits per heavy atom. The van der Waals surface area contributed by atoms with Gasteiger partial charge in [-0.1, -0.05) is 6.92 Å². The highest BCUT2D eigenvalue weighted by molar-refractivity contribution is 5.77. The van der Waals surface area contributed by atoms with Crippen LogP contribution in [-0.2, 0) is 16.0 Å². The maximum absolute atomic E-state index is 13.1. The number of rotatable bonds is 5. The van der Waals surface area contributed by atoms with E-state index in [1.807, 2.05) is 29.7 Å². The molecular weight excluding hydrogens is 370 g/mol. The zero-order chi connectivity index (χ0) is 20.5. The normalized spacial score (nSPS) is 19.4. The molecule has 0 saturated carbocycles. The van der Waals surface area contributed by atoms with Gasteiger partial charge in [-0.15, -0.1) is 0 Å². The fourth-order valence-electron chi connectivity index (χ4n) is 4.60. The lowest BCUT2D eigenvalue weighted by atomic mass is 10.1. The molecule has 2 aliphatic rings. The van der Waals surface area contributed by atoms with Gasteiger partial charge < -0.3 is 9.80 Å². The van der Waals surface area contributed by atoms with Gasteiger partial charge in [0.2, 0.25) is 11.8 Å². The number of aromatic nitrogens is 3. The Labute approximate surface area is 169 Å². The Hall–Kier alpha value is -2.64. The first kappa shape index (κ1) is 19.7. The highest BCUT2D eigenvalue weighted by Crippen LogP contribution is 2.31. The molecule has 2 aromatic rings. The predicted octanol–water partition coefficient (Wildman–Crippen LogP) is 1.96. The van der Waals surface area contributed by atoms with E-state index in [2.05, 4.69) is 10.1 Å². The van der Waals surface area contributed by atoms with Crippen LogP contribution in [0.3, 0.4) is 0 Å². The first-order valence-corrected chi connectivity index (χ1v) is 10.7. The van der Waals surface area contributed by atoms with Crippen LogP contribution < -0.4 is 5.56 Å². The zero-order valence-electron chi connectivity index (χ0n) is 17.2. The molecule has 8 heteroatoms. The van der Waals surface area contributed by atoms with Crippen LogP contribution in [0.25, 0.3) is 5.65 Å². The van der Waals surface area contributed by atoms with Crippen LogP contribution >= 0.6 is 0 Å². The molecule has 0 radical (unpaired) electrons. The summed E-state index contributed by atoms with van der Waals surface area (Å²) < 4.78 is 1.46. The van der Waals surface area contributed by atoms with Crippen molar-refractivity contribution in [3.05, 3.63) is 33.4 Å². The van der Waals surface area contributed by atoms with Gasteiger partial charge in [-0.05, 0) is 39.0 Å². The second-order valence-corrected chi connectivity index (χ2v) is 8.07. The highest BCUT2D eigenvalue weighted by Gasteiger charge is 2.30. The summed E-state index contributed by atoms with van der Waals surface area (Å²) in [4.78, 5) is 46.0. The summed E-state index contributed by atoms with van der Waals surface area (Å²) in [7, 11) is 0. The van der Waals surface area contributed by atoms with E-state index in [-0.39, 0.29) is 23.4 Å². The van der Waals surface area contributed by atoms with Crippen LogP contribution in [0, 0.1) is 6.92 Å². The number of H-pyrrole nitrogens is 1. The third-order valence-electron chi connectivity index (χ3n) is 6.22. The van der Waals surface area contributed by atoms with Crippen molar-refractivity contribution in [2.45, 2.75) is 64.8 Å². The summed E-state index contributed by atoms with van der Waals surface area (Å²) in [5, 5.41) is 3.18. The van der Waals surface area contributed by atoms with E-state index in [1.165, 1.54) is 4.52 Å². The number of nitrogens with zero attached hydrogens (tertiary/aromatic N) is 4. The fraction of sp³-hybridized carbons (Fsp3) is 0.619. The number of carbonyl (C=O) groups is 2. The Kier molecular flexibility index (Phi) is 5.43. The van der Waals surface area contributed by atoms with Crippen molar-refractivity contribution in [3.8, 4) is 0 Å². The summed E-state index contributed by atoms with van der Waals surface area (Å²) in [5.74, 6) is 0.238. The van der Waals surface area contributed by atoms with Gasteiger partial charge >= 0.3 is 0 Å². The number of likely N-dealkylation sites (tertiary alicyclic amines) is 2. The number of hydrogen-bond acceptors (Lipinski definition) is 4. The molecule has 0 aliphatic carbocycles. The second-order valence-electron chi connectivity index (χ2n) is 8.07. The topological polar surface area (TPSA) is 90.8 Å². The lowest BCUT2D eigenvalue weighted by molar-refractivity contribution is -0.132. The fourth-order valence-corrected chi connectivity index (χ4v) is 4.60. The number of hydrogen-bond donors (Lipinski definition) is 1. The largest absolute Gasteiger partial charge is 0.343 e. The van der Waals surface area contributed by atoms with E-state index < -0.39 is 0 Å². The van der Waals surface area contributed by atoms with E-state index in [1.54, 1.807) is 0 Å². The van der Waals surface area contributed by atoms with Gasteiger partial charge in [-0.3, -0.25) is 19.5 Å². The highest BCUT2D eigenvalue weighted by atomic mass is 16.2. The standard InChI is InChI=1S/C21H29N5O3/c1-3-19(27)25-12-6-7-17(25)16-13-18-22-14(2)15(21(29)26(18)23-16)8-9-20(28)24-10-4-5-11-24/h13,17,23H,3-12H2,1-2H3. The quantitative estimate of drug-likeness (QED) is 0.832. The zero-order valence-corrected chi connectivity index (χ0v) is 17.2. The predicted molar refractivity (Wildman–Crippen MR) is 109 cm³/mol. The van der Waals surface area contributed by atoms with Crippen molar-refractivity contribution in [1.82, 2.24) is 24.4 Å². The summed E-state index contributed by atoms with van der Waals surface area (Å²) in [6.45, 7) is 6.09. The van der Waals surface area contributed by atoms with Gasteiger partial charge in [-0.25, -0.2) is 9.50 Å². The molecule has 1 unspecified atom stereocenters. The van der Waals surface area contributed by atoms with Gasteiger partial charge in [0.05, 0.1) is 11.7 Å². The number of carbonyl (C=O) groups excluding carboxylic acids is 2. The van der Waals surface area contributed by atoms with Crippen LogP contribution in [0.15, 0.2) is 10.9 Å². The molecule has 29 heavy (non-hydrogen) atoms. The molecule has 0 spiro atoms. The first-order valence-electron chi connectivity index (χ1n) is 10.7. The molecule has 2 saturated heterocycles. The molecule has 2 fully saturated rings. The van der Waals surface area contributed by atoms with Crippen molar-refractivity contribution in [2.75, 3.05) is 19.6 Å². The minimum atomic E-state index is -0.153. The molecule has 4 rings (SSSR count). The molecule has 0 bridgehead atoms. The molecule has 8 nitrogen and oxygen atoms in total. The lowest BCUT2D eigenvalue weighted by Gasteiger charge is -2.23. The number of nitrogens with one attached hydrogen (secondary N) is 1. The molecule has 2 aliphatic heterocycles. The lowest BCUT2D eigenvalue weighted by Crippen LogP contribution is -2.30. The minimum absolute atomic E-state index is 0.0379. The average Bonchev–Trinajstić information content (AvgIpc) is 3.46. The number of amides is 2. The van der Waals surface area contributed by atoms with E-state index in [4.69, 9.17) is 0 Å². The van der Waals surface area contributed by atoms with Crippen LogP contribution in [-0.4, -0.2) is 55.8 Å². The smallest absolute Gasteiger partial charge is 0.276 e. The molecule has 156 valence electrons. The van der Waals surface area contributed by atoms with Gasteiger partial charge in [0.25, 0.3) is 5.56 Å². The maximum atomic E-state index is 13.1. The molecule has 1 atom stereocenters. The van der Waals surface area contributed by atoms with Crippen LogP contribution in [0.1, 0.15) is 68.4 Å². The molecule has 4 heterocycles. The molecular formula is C21H29N5O3. The van der Waals surface area contributed by atoms with Crippen molar-refractivity contribution >= 4 is 17.5 Å². The molecule has 0 aromatic carbocycles. The summed E-state index contributed by atoms with van der Waals surface area (Å²) in [6, 6.07) is 1.84. The van der Waals surface area contributed by atoms with Crippen LogP contribution in [0.4, 0.5) is 0 Å². The Balaban J connectivity index is 1.59. The minimum Gasteiger partial charge on any atom is -0.343 e. The number of fused-ring (bicyclic) bond motifs is 1. The Bertz CT molecular complexity index is 986. The van der Waals surface area contributed by atoms with Gasteiger partial charge in [-0.2, -0.15) is 0 Å². The third-order valence-corrected chi connectivity index (χ3v) is 6.22. The van der Waals surface area contributed by atoms with E-state index in [0.717, 1.165) is 51.0 Å². The summed E-state index contributed by atoms with van der Waals surface area (Å²) >= 11 is 0. The van der Waals surface area contributed by atoms with Gasteiger partial charge in [0.1, 0.15) is 0 Å². The van der Waals surface area contributed by atoms with E-state index in [0.29, 0.717) is 36.2 Å². The van der Waals surface area contributed by atoms with Crippen molar-refractivity contribution < 1.29 is 9.59 Å². The van der Waals surface area contributed by atoms with Crippen LogP contribution in [0.5, 0.6) is 0 Å². The summed E-state index contributed by atoms with van der Waals surface area (Å²) in [5.41, 5.74) is 2.50. The molecule has 2 amide bonds. The number of aryl methyl sites for hydroxylation is 1. The van der Waals surface area contributed by atoms with E-state index in [9.17, 15) is 14.4 Å². The monoisotopic (exact) mass is 399 g/mol. The molecule has 2 aromatic heterocycles. The third kappa shape index (κ3) is 3.68. The average molecular weight is 399 g/mol. The van der Waals surface area contributed by atoms with Gasteiger partial charge in [0, 0.05) is 49.8 Å².